The predicted octanol–water partition coefficient (Wildman–Crippen LogP) is 1.96. The molecule has 2 heterocycles. The number of carbonyl (C=O) groups is 1. The third kappa shape index (κ3) is 1.92. The third-order valence-corrected chi connectivity index (χ3v) is 4.62. The number of ether oxygens (including phenoxy) is 1. The van der Waals surface area contributed by atoms with Crippen LogP contribution >= 0.6 is 0 Å². The van der Waals surface area contributed by atoms with Crippen molar-refractivity contribution in [2.24, 2.45) is 0 Å². The number of nitrogens with one attached hydrogen (secondary N) is 1. The number of anilines is 3. The van der Waals surface area contributed by atoms with Gasteiger partial charge in [0.25, 0.3) is 5.91 Å². The Balaban J connectivity index is 1.93. The van der Waals surface area contributed by atoms with Gasteiger partial charge in [-0.15, -0.1) is 0 Å². The standard InChI is InChI=1S/C18H18BN3O2/c1-18(2)17(23)22-16-11(12(19)8-9-13(16)20-18)10-21(22)14-6-4-5-7-15(14)24-3/h4-9,20H,10H2,1-3H3. The molecule has 1 amide bonds. The SMILES string of the molecule is [B]c1ccc2c3c1CN(c1ccccc1OC)N3C(=O)C(C)(C)N2. The van der Waals surface area contributed by atoms with Gasteiger partial charge in [0.05, 0.1) is 25.0 Å². The first-order chi connectivity index (χ1) is 11.4. The summed E-state index contributed by atoms with van der Waals surface area (Å²) in [6.07, 6.45) is 0. The molecule has 2 aliphatic rings. The molecule has 0 saturated heterocycles. The summed E-state index contributed by atoms with van der Waals surface area (Å²) in [6, 6.07) is 11.5. The average molecular weight is 319 g/mol. The Morgan fingerprint density at radius 2 is 1.96 bits per heavy atom. The third-order valence-electron chi connectivity index (χ3n) is 4.62. The summed E-state index contributed by atoms with van der Waals surface area (Å²) in [6.45, 7) is 4.29. The lowest BCUT2D eigenvalue weighted by Crippen LogP contribution is -2.57. The van der Waals surface area contributed by atoms with E-state index in [1.807, 2.05) is 55.3 Å². The van der Waals surface area contributed by atoms with Crippen molar-refractivity contribution in [3.05, 3.63) is 42.0 Å². The molecular formula is C18H18BN3O2. The monoisotopic (exact) mass is 319 g/mol. The number of hydrogen-bond acceptors (Lipinski definition) is 4. The molecule has 2 aliphatic heterocycles. The van der Waals surface area contributed by atoms with Crippen LogP contribution in [0.15, 0.2) is 36.4 Å². The van der Waals surface area contributed by atoms with Crippen molar-refractivity contribution in [1.29, 1.82) is 0 Å². The van der Waals surface area contributed by atoms with E-state index in [0.717, 1.165) is 28.4 Å². The van der Waals surface area contributed by atoms with Gasteiger partial charge in [-0.1, -0.05) is 23.7 Å². The molecule has 0 atom stereocenters. The number of para-hydroxylation sites is 2. The summed E-state index contributed by atoms with van der Waals surface area (Å²) in [7, 11) is 7.81. The fraction of sp³-hybridized carbons (Fsp3) is 0.278. The molecule has 4 rings (SSSR count). The van der Waals surface area contributed by atoms with E-state index in [0.29, 0.717) is 12.0 Å². The van der Waals surface area contributed by atoms with E-state index in [4.69, 9.17) is 12.6 Å². The molecule has 0 unspecified atom stereocenters. The van der Waals surface area contributed by atoms with Crippen molar-refractivity contribution in [2.45, 2.75) is 25.9 Å². The molecule has 2 radical (unpaired) electrons. The van der Waals surface area contributed by atoms with E-state index in [-0.39, 0.29) is 5.91 Å². The molecule has 0 fully saturated rings. The largest absolute Gasteiger partial charge is 0.495 e. The van der Waals surface area contributed by atoms with Gasteiger partial charge in [-0.2, -0.15) is 0 Å². The van der Waals surface area contributed by atoms with Crippen LogP contribution in [0, 0.1) is 0 Å². The zero-order valence-electron chi connectivity index (χ0n) is 14.0. The van der Waals surface area contributed by atoms with E-state index in [2.05, 4.69) is 5.32 Å². The van der Waals surface area contributed by atoms with Gasteiger partial charge < -0.3 is 10.1 Å². The van der Waals surface area contributed by atoms with Gasteiger partial charge in [-0.3, -0.25) is 9.80 Å². The van der Waals surface area contributed by atoms with Crippen LogP contribution in [0.3, 0.4) is 0 Å². The van der Waals surface area contributed by atoms with Crippen molar-refractivity contribution >= 4 is 36.3 Å². The highest BCUT2D eigenvalue weighted by molar-refractivity contribution is 6.35. The summed E-state index contributed by atoms with van der Waals surface area (Å²) in [4.78, 5) is 13.1. The molecule has 2 aromatic carbocycles. The van der Waals surface area contributed by atoms with Crippen LogP contribution in [0.5, 0.6) is 5.75 Å². The maximum atomic E-state index is 13.1. The number of amides is 1. The summed E-state index contributed by atoms with van der Waals surface area (Å²) in [5.41, 5.74) is 3.53. The quantitative estimate of drug-likeness (QED) is 0.860. The summed E-state index contributed by atoms with van der Waals surface area (Å²) < 4.78 is 5.49. The molecule has 1 N–H and O–H groups in total. The van der Waals surface area contributed by atoms with Crippen LogP contribution in [-0.2, 0) is 11.3 Å². The normalized spacial score (nSPS) is 17.5. The number of methoxy groups -OCH3 is 1. The zero-order chi connectivity index (χ0) is 17.1. The Bertz CT molecular complexity index is 850. The molecule has 0 saturated carbocycles. The fourth-order valence-electron chi connectivity index (χ4n) is 3.40. The highest BCUT2D eigenvalue weighted by atomic mass is 16.5. The Hall–Kier alpha value is -2.63. The van der Waals surface area contributed by atoms with Crippen molar-refractivity contribution < 1.29 is 9.53 Å². The number of carbonyl (C=O) groups excluding carboxylic acids is 1. The first kappa shape index (κ1) is 14.9. The minimum absolute atomic E-state index is 0.0229. The van der Waals surface area contributed by atoms with Crippen LogP contribution in [0.2, 0.25) is 0 Å². The lowest BCUT2D eigenvalue weighted by molar-refractivity contribution is -0.122. The lowest BCUT2D eigenvalue weighted by Gasteiger charge is -2.41. The van der Waals surface area contributed by atoms with Gasteiger partial charge in [0, 0.05) is 0 Å². The molecule has 6 heteroatoms. The van der Waals surface area contributed by atoms with E-state index < -0.39 is 5.54 Å². The van der Waals surface area contributed by atoms with Gasteiger partial charge in [0.1, 0.15) is 24.8 Å². The Labute approximate surface area is 142 Å². The molecule has 2 aromatic rings. The maximum Gasteiger partial charge on any atom is 0.270 e. The molecule has 24 heavy (non-hydrogen) atoms. The number of rotatable bonds is 2. The topological polar surface area (TPSA) is 44.8 Å². The maximum absolute atomic E-state index is 13.1. The molecule has 0 bridgehead atoms. The first-order valence-electron chi connectivity index (χ1n) is 7.88. The van der Waals surface area contributed by atoms with Gasteiger partial charge in [-0.25, -0.2) is 5.01 Å². The molecule has 0 aromatic heterocycles. The molecule has 120 valence electrons. The van der Waals surface area contributed by atoms with Gasteiger partial charge >= 0.3 is 0 Å². The van der Waals surface area contributed by atoms with E-state index >= 15 is 0 Å². The Morgan fingerprint density at radius 1 is 1.21 bits per heavy atom. The average Bonchev–Trinajstić information content (AvgIpc) is 2.97. The van der Waals surface area contributed by atoms with Crippen molar-refractivity contribution in [2.75, 3.05) is 22.4 Å². The van der Waals surface area contributed by atoms with E-state index in [1.165, 1.54) is 0 Å². The zero-order valence-corrected chi connectivity index (χ0v) is 14.0. The second-order valence-corrected chi connectivity index (χ2v) is 6.63. The second-order valence-electron chi connectivity index (χ2n) is 6.63. The number of hydrogen-bond donors (Lipinski definition) is 1. The minimum Gasteiger partial charge on any atom is -0.495 e. The van der Waals surface area contributed by atoms with E-state index in [9.17, 15) is 4.79 Å². The fourth-order valence-corrected chi connectivity index (χ4v) is 3.40. The smallest absolute Gasteiger partial charge is 0.270 e. The second kappa shape index (κ2) is 4.93. The predicted molar refractivity (Wildman–Crippen MR) is 96.2 cm³/mol. The van der Waals surface area contributed by atoms with Crippen molar-refractivity contribution in [1.82, 2.24) is 0 Å². The highest BCUT2D eigenvalue weighted by Crippen LogP contribution is 2.46. The van der Waals surface area contributed by atoms with Gasteiger partial charge in [-0.05, 0) is 37.6 Å². The first-order valence-corrected chi connectivity index (χ1v) is 7.88. The van der Waals surface area contributed by atoms with Crippen LogP contribution in [0.4, 0.5) is 17.1 Å². The summed E-state index contributed by atoms with van der Waals surface area (Å²) in [5, 5.41) is 6.99. The number of nitrogens with zero attached hydrogens (tertiary/aromatic N) is 2. The molecule has 0 aliphatic carbocycles. The van der Waals surface area contributed by atoms with Crippen molar-refractivity contribution in [3.8, 4) is 5.75 Å². The summed E-state index contributed by atoms with van der Waals surface area (Å²) in [5.74, 6) is 0.694. The van der Waals surface area contributed by atoms with Crippen LogP contribution < -0.4 is 25.5 Å². The van der Waals surface area contributed by atoms with E-state index in [1.54, 1.807) is 12.1 Å². The highest BCUT2D eigenvalue weighted by Gasteiger charge is 2.46. The Kier molecular flexibility index (Phi) is 3.07. The van der Waals surface area contributed by atoms with Gasteiger partial charge in [0.15, 0.2) is 0 Å². The Morgan fingerprint density at radius 3 is 2.71 bits per heavy atom. The number of hydrazine groups is 1. The lowest BCUT2D eigenvalue weighted by atomic mass is 9.87. The molecular weight excluding hydrogens is 301 g/mol. The minimum atomic E-state index is -0.703. The number of benzene rings is 2. The molecule has 5 nitrogen and oxygen atoms in total. The van der Waals surface area contributed by atoms with Gasteiger partial charge in [0.2, 0.25) is 0 Å². The van der Waals surface area contributed by atoms with Crippen LogP contribution in [-0.4, -0.2) is 26.4 Å². The van der Waals surface area contributed by atoms with Crippen LogP contribution in [0.25, 0.3) is 0 Å². The van der Waals surface area contributed by atoms with Crippen molar-refractivity contribution in [3.63, 3.8) is 0 Å². The van der Waals surface area contributed by atoms with Crippen LogP contribution in [0.1, 0.15) is 19.4 Å². The summed E-state index contributed by atoms with van der Waals surface area (Å²) >= 11 is 0. The molecule has 0 spiro atoms.